The number of ether oxygens (including phenoxy) is 1. The summed E-state index contributed by atoms with van der Waals surface area (Å²) < 4.78 is 7.64. The number of carbonyl (C=O) groups is 2. The summed E-state index contributed by atoms with van der Waals surface area (Å²) in [5.74, 6) is -0.696. The summed E-state index contributed by atoms with van der Waals surface area (Å²) in [6.45, 7) is 5.55. The minimum atomic E-state index is -0.846. The van der Waals surface area contributed by atoms with E-state index in [4.69, 9.17) is 4.74 Å². The molecule has 2 aromatic rings. The maximum Gasteiger partial charge on any atom is 0.340 e. The van der Waals surface area contributed by atoms with Gasteiger partial charge < -0.3 is 14.2 Å². The van der Waals surface area contributed by atoms with Gasteiger partial charge in [0.05, 0.1) is 5.56 Å². The van der Waals surface area contributed by atoms with Crippen molar-refractivity contribution in [2.75, 3.05) is 11.9 Å². The number of hydrogen-bond acceptors (Lipinski definition) is 3. The van der Waals surface area contributed by atoms with Gasteiger partial charge in [-0.25, -0.2) is 4.79 Å². The number of rotatable bonds is 5. The summed E-state index contributed by atoms with van der Waals surface area (Å²) in [5.41, 5.74) is 3.29. The van der Waals surface area contributed by atoms with Gasteiger partial charge in [0.15, 0.2) is 6.10 Å². The second-order valence-corrected chi connectivity index (χ2v) is 6.67. The third-order valence-corrected chi connectivity index (χ3v) is 4.72. The van der Waals surface area contributed by atoms with Crippen LogP contribution in [0.3, 0.4) is 0 Å². The molecule has 1 amide bonds. The van der Waals surface area contributed by atoms with E-state index in [1.165, 1.54) is 4.90 Å². The van der Waals surface area contributed by atoms with Crippen LogP contribution in [0.15, 0.2) is 36.4 Å². The molecule has 1 atom stereocenters. The first-order valence-corrected chi connectivity index (χ1v) is 8.62. The van der Waals surface area contributed by atoms with Crippen LogP contribution >= 0.6 is 0 Å². The quantitative estimate of drug-likeness (QED) is 0.781. The lowest BCUT2D eigenvalue weighted by Gasteiger charge is -2.21. The molecule has 1 aromatic carbocycles. The highest BCUT2D eigenvalue weighted by molar-refractivity contribution is 5.99. The molecule has 1 aromatic heterocycles. The highest BCUT2D eigenvalue weighted by Gasteiger charge is 2.30. The Morgan fingerprint density at radius 1 is 1.20 bits per heavy atom. The molecule has 1 heterocycles. The number of hydrogen-bond donors (Lipinski definition) is 0. The van der Waals surface area contributed by atoms with E-state index in [2.05, 4.69) is 4.57 Å². The number of amides is 1. The standard InChI is InChI=1S/C20H24N2O3/c1-13-12-18(14(2)22(13)17-10-11-17)20(24)25-15(3)19(23)21(4)16-8-6-5-7-9-16/h5-9,12,15,17H,10-11H2,1-4H3/t15-/m1/s1. The molecule has 0 aliphatic heterocycles. The van der Waals surface area contributed by atoms with E-state index in [1.54, 1.807) is 14.0 Å². The van der Waals surface area contributed by atoms with Gasteiger partial charge in [-0.1, -0.05) is 18.2 Å². The molecule has 0 bridgehead atoms. The lowest BCUT2D eigenvalue weighted by atomic mass is 10.2. The number of nitrogens with zero attached hydrogens (tertiary/aromatic N) is 2. The van der Waals surface area contributed by atoms with Gasteiger partial charge in [0.25, 0.3) is 5.91 Å². The Kier molecular flexibility index (Phi) is 4.66. The summed E-state index contributed by atoms with van der Waals surface area (Å²) in [6, 6.07) is 11.7. The van der Waals surface area contributed by atoms with E-state index >= 15 is 0 Å². The second-order valence-electron chi connectivity index (χ2n) is 6.67. The van der Waals surface area contributed by atoms with Crippen molar-refractivity contribution in [2.24, 2.45) is 0 Å². The van der Waals surface area contributed by atoms with Crippen LogP contribution in [0.4, 0.5) is 5.69 Å². The molecular weight excluding hydrogens is 316 g/mol. The zero-order chi connectivity index (χ0) is 18.1. The Hall–Kier alpha value is -2.56. The van der Waals surface area contributed by atoms with Crippen molar-refractivity contribution in [3.8, 4) is 0 Å². The van der Waals surface area contributed by atoms with Crippen LogP contribution in [-0.4, -0.2) is 29.6 Å². The zero-order valence-electron chi connectivity index (χ0n) is 15.2. The van der Waals surface area contributed by atoms with E-state index in [-0.39, 0.29) is 5.91 Å². The monoisotopic (exact) mass is 340 g/mol. The van der Waals surface area contributed by atoms with Gasteiger partial charge in [-0.2, -0.15) is 0 Å². The molecule has 1 aliphatic carbocycles. The van der Waals surface area contributed by atoms with Crippen LogP contribution in [0, 0.1) is 13.8 Å². The van der Waals surface area contributed by atoms with Crippen molar-refractivity contribution in [1.29, 1.82) is 0 Å². The topological polar surface area (TPSA) is 51.5 Å². The van der Waals surface area contributed by atoms with Gasteiger partial charge in [-0.3, -0.25) is 4.79 Å². The fraction of sp³-hybridized carbons (Fsp3) is 0.400. The number of aromatic nitrogens is 1. The SMILES string of the molecule is Cc1cc(C(=O)O[C@H](C)C(=O)N(C)c2ccccc2)c(C)n1C1CC1. The molecule has 3 rings (SSSR count). The minimum absolute atomic E-state index is 0.254. The van der Waals surface area contributed by atoms with E-state index in [1.807, 2.05) is 50.2 Å². The molecule has 5 nitrogen and oxygen atoms in total. The summed E-state index contributed by atoms with van der Waals surface area (Å²) in [4.78, 5) is 26.6. The first-order chi connectivity index (χ1) is 11.9. The molecule has 0 N–H and O–H groups in total. The highest BCUT2D eigenvalue weighted by Crippen LogP contribution is 2.38. The van der Waals surface area contributed by atoms with Gasteiger partial charge in [0, 0.05) is 30.2 Å². The highest BCUT2D eigenvalue weighted by atomic mass is 16.5. The van der Waals surface area contributed by atoms with Crippen molar-refractivity contribution in [1.82, 2.24) is 4.57 Å². The summed E-state index contributed by atoms with van der Waals surface area (Å²) in [7, 11) is 1.68. The fourth-order valence-electron chi connectivity index (χ4n) is 3.20. The maximum absolute atomic E-state index is 12.5. The van der Waals surface area contributed by atoms with Gasteiger partial charge in [-0.15, -0.1) is 0 Å². The number of anilines is 1. The van der Waals surface area contributed by atoms with Crippen LogP contribution in [0.1, 0.15) is 47.6 Å². The largest absolute Gasteiger partial charge is 0.449 e. The maximum atomic E-state index is 12.5. The van der Waals surface area contributed by atoms with Gasteiger partial charge in [0.2, 0.25) is 0 Å². The van der Waals surface area contributed by atoms with E-state index in [0.29, 0.717) is 11.6 Å². The third-order valence-electron chi connectivity index (χ3n) is 4.72. The van der Waals surface area contributed by atoms with Crippen LogP contribution in [0.2, 0.25) is 0 Å². The lowest BCUT2D eigenvalue weighted by molar-refractivity contribution is -0.126. The molecule has 1 aliphatic rings. The average Bonchev–Trinajstić information content (AvgIpc) is 3.39. The van der Waals surface area contributed by atoms with Crippen LogP contribution in [0.5, 0.6) is 0 Å². The smallest absolute Gasteiger partial charge is 0.340 e. The Morgan fingerprint density at radius 2 is 1.84 bits per heavy atom. The zero-order valence-corrected chi connectivity index (χ0v) is 15.2. The Balaban J connectivity index is 1.70. The number of esters is 1. The van der Waals surface area contributed by atoms with E-state index in [0.717, 1.165) is 29.9 Å². The lowest BCUT2D eigenvalue weighted by Crippen LogP contribution is -2.37. The summed E-state index contributed by atoms with van der Waals surface area (Å²) in [5, 5.41) is 0. The normalized spacial score (nSPS) is 14.9. The minimum Gasteiger partial charge on any atom is -0.449 e. The van der Waals surface area contributed by atoms with Gasteiger partial charge in [-0.05, 0) is 51.8 Å². The number of aryl methyl sites for hydroxylation is 1. The van der Waals surface area contributed by atoms with Gasteiger partial charge in [0.1, 0.15) is 0 Å². The molecule has 1 saturated carbocycles. The number of benzene rings is 1. The molecule has 1 fully saturated rings. The molecule has 0 saturated heterocycles. The first-order valence-electron chi connectivity index (χ1n) is 8.62. The summed E-state index contributed by atoms with van der Waals surface area (Å²) >= 11 is 0. The van der Waals surface area contributed by atoms with Gasteiger partial charge >= 0.3 is 5.97 Å². The third kappa shape index (κ3) is 3.45. The number of likely N-dealkylation sites (N-methyl/N-ethyl adjacent to an activating group) is 1. The van der Waals surface area contributed by atoms with Crippen LogP contribution < -0.4 is 4.90 Å². The predicted molar refractivity (Wildman–Crippen MR) is 96.9 cm³/mol. The Morgan fingerprint density at radius 3 is 2.44 bits per heavy atom. The van der Waals surface area contributed by atoms with Crippen LogP contribution in [0.25, 0.3) is 0 Å². The second kappa shape index (κ2) is 6.75. The molecule has 0 radical (unpaired) electrons. The Labute approximate surface area is 148 Å². The van der Waals surface area contributed by atoms with Crippen molar-refractivity contribution in [2.45, 2.75) is 45.8 Å². The van der Waals surface area contributed by atoms with E-state index < -0.39 is 12.1 Å². The molecule has 0 unspecified atom stereocenters. The molecule has 0 spiro atoms. The van der Waals surface area contributed by atoms with Crippen molar-refractivity contribution in [3.63, 3.8) is 0 Å². The number of para-hydroxylation sites is 1. The fourth-order valence-corrected chi connectivity index (χ4v) is 3.20. The van der Waals surface area contributed by atoms with Crippen LogP contribution in [-0.2, 0) is 9.53 Å². The predicted octanol–water partition coefficient (Wildman–Crippen LogP) is 3.65. The van der Waals surface area contributed by atoms with Crippen molar-refractivity contribution in [3.05, 3.63) is 53.3 Å². The molecule has 132 valence electrons. The van der Waals surface area contributed by atoms with Crippen molar-refractivity contribution < 1.29 is 14.3 Å². The Bertz CT molecular complexity index is 791. The molecular formula is C20H24N2O3. The molecule has 25 heavy (non-hydrogen) atoms. The summed E-state index contributed by atoms with van der Waals surface area (Å²) in [6.07, 6.45) is 1.46. The van der Waals surface area contributed by atoms with E-state index in [9.17, 15) is 9.59 Å². The average molecular weight is 340 g/mol. The first kappa shape index (κ1) is 17.3. The van der Waals surface area contributed by atoms with Crippen molar-refractivity contribution >= 4 is 17.6 Å². The molecule has 5 heteroatoms. The number of carbonyl (C=O) groups excluding carboxylic acids is 2.